The lowest BCUT2D eigenvalue weighted by molar-refractivity contribution is 0.0888. The highest BCUT2D eigenvalue weighted by molar-refractivity contribution is 5.87. The molecule has 0 radical (unpaired) electrons. The molecule has 0 saturated heterocycles. The third kappa shape index (κ3) is 4.48. The molecule has 5 rings (SSSR count). The summed E-state index contributed by atoms with van der Waals surface area (Å²) in [6.07, 6.45) is 1.16. The fourth-order valence-corrected chi connectivity index (χ4v) is 4.24. The summed E-state index contributed by atoms with van der Waals surface area (Å²) in [5.41, 5.74) is 2.29. The Balaban J connectivity index is 1.38. The van der Waals surface area contributed by atoms with Crippen molar-refractivity contribution in [3.05, 3.63) is 96.1 Å². The van der Waals surface area contributed by atoms with E-state index in [0.29, 0.717) is 31.4 Å². The summed E-state index contributed by atoms with van der Waals surface area (Å²) in [4.78, 5) is 17.4. The molecular formula is C28H27N5O. The molecule has 0 aliphatic carbocycles. The van der Waals surface area contributed by atoms with Gasteiger partial charge in [0, 0.05) is 19.5 Å². The molecule has 2 N–H and O–H groups in total. The highest BCUT2D eigenvalue weighted by atomic mass is 16.2. The largest absolute Gasteiger partial charge is 0.350 e. The Labute approximate surface area is 198 Å². The third-order valence-electron chi connectivity index (χ3n) is 5.94. The van der Waals surface area contributed by atoms with Crippen molar-refractivity contribution >= 4 is 39.3 Å². The quantitative estimate of drug-likeness (QED) is 0.293. The van der Waals surface area contributed by atoms with Crippen molar-refractivity contribution in [2.45, 2.75) is 32.9 Å². The summed E-state index contributed by atoms with van der Waals surface area (Å²) in [7, 11) is 0. The lowest BCUT2D eigenvalue weighted by atomic mass is 10.0. The van der Waals surface area contributed by atoms with Crippen molar-refractivity contribution in [1.82, 2.24) is 14.8 Å². The molecule has 6 nitrogen and oxygen atoms in total. The van der Waals surface area contributed by atoms with Crippen LogP contribution >= 0.6 is 0 Å². The van der Waals surface area contributed by atoms with E-state index >= 15 is 0 Å². The molecular weight excluding hydrogens is 422 g/mol. The lowest BCUT2D eigenvalue weighted by Crippen LogP contribution is -2.16. The summed E-state index contributed by atoms with van der Waals surface area (Å²) in [6.45, 7) is 3.09. The van der Waals surface area contributed by atoms with Gasteiger partial charge in [0.25, 0.3) is 0 Å². The number of hydrogen-bond donors (Lipinski definition) is 2. The maximum absolute atomic E-state index is 12.7. The van der Waals surface area contributed by atoms with Crippen LogP contribution in [-0.2, 0) is 13.1 Å². The van der Waals surface area contributed by atoms with Gasteiger partial charge >= 0.3 is 0 Å². The summed E-state index contributed by atoms with van der Waals surface area (Å²) in [5, 5.41) is 15.9. The van der Waals surface area contributed by atoms with Gasteiger partial charge in [-0.3, -0.25) is 4.79 Å². The lowest BCUT2D eigenvalue weighted by Gasteiger charge is -2.09. The van der Waals surface area contributed by atoms with E-state index < -0.39 is 0 Å². The van der Waals surface area contributed by atoms with Gasteiger partial charge in [0.05, 0.1) is 0 Å². The average Bonchev–Trinajstić information content (AvgIpc) is 3.29. The number of nitrogens with zero attached hydrogens (tertiary/aromatic N) is 3. The zero-order valence-corrected chi connectivity index (χ0v) is 19.2. The number of anilines is 2. The van der Waals surface area contributed by atoms with Crippen molar-refractivity contribution in [3.8, 4) is 0 Å². The van der Waals surface area contributed by atoms with E-state index in [1.165, 1.54) is 26.2 Å². The van der Waals surface area contributed by atoms with Crippen LogP contribution in [0.25, 0.3) is 21.5 Å². The number of carbonyl (C=O) groups excluding carboxylic acids is 1. The van der Waals surface area contributed by atoms with Crippen molar-refractivity contribution in [2.24, 2.45) is 0 Å². The van der Waals surface area contributed by atoms with Gasteiger partial charge < -0.3 is 10.6 Å². The first-order valence-corrected chi connectivity index (χ1v) is 11.6. The molecule has 6 heteroatoms. The van der Waals surface area contributed by atoms with Crippen molar-refractivity contribution in [3.63, 3.8) is 0 Å². The molecule has 0 saturated carbocycles. The Bertz CT molecular complexity index is 1450. The minimum absolute atomic E-state index is 0.0753. The molecule has 0 unspecified atom stereocenters. The van der Waals surface area contributed by atoms with Gasteiger partial charge in [-0.15, -0.1) is 5.10 Å². The Hall–Kier alpha value is -4.19. The number of benzene rings is 4. The SMILES string of the molecule is CCCC(=O)n1nc(NCc2cccc3ccccc23)nc1NCc1cccc2ccccc12. The molecule has 4 aromatic carbocycles. The van der Waals surface area contributed by atoms with E-state index in [1.807, 2.05) is 43.3 Å². The second kappa shape index (κ2) is 9.75. The second-order valence-electron chi connectivity index (χ2n) is 8.30. The number of hydrogen-bond acceptors (Lipinski definition) is 5. The molecule has 0 amide bonds. The minimum atomic E-state index is -0.0753. The molecule has 0 bridgehead atoms. The fraction of sp³-hybridized carbons (Fsp3) is 0.179. The fourth-order valence-electron chi connectivity index (χ4n) is 4.24. The normalized spacial score (nSPS) is 11.1. The molecule has 0 atom stereocenters. The molecule has 0 fully saturated rings. The second-order valence-corrected chi connectivity index (χ2v) is 8.30. The van der Waals surface area contributed by atoms with E-state index in [0.717, 1.165) is 17.5 Å². The molecule has 0 aliphatic rings. The number of fused-ring (bicyclic) bond motifs is 2. The minimum Gasteiger partial charge on any atom is -0.350 e. The van der Waals surface area contributed by atoms with Crippen LogP contribution in [0, 0.1) is 0 Å². The summed E-state index contributed by atoms with van der Waals surface area (Å²) in [5.74, 6) is 0.804. The predicted octanol–water partition coefficient (Wildman–Crippen LogP) is 6.25. The molecule has 0 spiro atoms. The number of nitrogens with one attached hydrogen (secondary N) is 2. The summed E-state index contributed by atoms with van der Waals surface area (Å²) >= 11 is 0. The first-order chi connectivity index (χ1) is 16.7. The first kappa shape index (κ1) is 21.6. The van der Waals surface area contributed by atoms with Gasteiger partial charge in [0.1, 0.15) is 0 Å². The monoisotopic (exact) mass is 449 g/mol. The average molecular weight is 450 g/mol. The highest BCUT2D eigenvalue weighted by Crippen LogP contribution is 2.22. The Morgan fingerprint density at radius 1 is 0.765 bits per heavy atom. The molecule has 1 heterocycles. The van der Waals surface area contributed by atoms with E-state index in [-0.39, 0.29) is 5.91 Å². The van der Waals surface area contributed by atoms with Crippen LogP contribution in [0.1, 0.15) is 35.7 Å². The van der Waals surface area contributed by atoms with Crippen LogP contribution in [0.3, 0.4) is 0 Å². The summed E-state index contributed by atoms with van der Waals surface area (Å²) in [6, 6.07) is 29.0. The van der Waals surface area contributed by atoms with Crippen LogP contribution in [-0.4, -0.2) is 20.7 Å². The zero-order valence-electron chi connectivity index (χ0n) is 19.2. The van der Waals surface area contributed by atoms with Gasteiger partial charge in [0.15, 0.2) is 0 Å². The molecule has 5 aromatic rings. The molecule has 170 valence electrons. The Kier molecular flexibility index (Phi) is 6.21. The van der Waals surface area contributed by atoms with Gasteiger partial charge in [0.2, 0.25) is 17.8 Å². The van der Waals surface area contributed by atoms with Gasteiger partial charge in [-0.05, 0) is 39.1 Å². The van der Waals surface area contributed by atoms with Crippen LogP contribution < -0.4 is 10.6 Å². The summed E-state index contributed by atoms with van der Waals surface area (Å²) < 4.78 is 1.39. The zero-order chi connectivity index (χ0) is 23.3. The predicted molar refractivity (Wildman–Crippen MR) is 138 cm³/mol. The van der Waals surface area contributed by atoms with E-state index in [9.17, 15) is 4.79 Å². The van der Waals surface area contributed by atoms with Crippen molar-refractivity contribution < 1.29 is 4.79 Å². The number of aromatic nitrogens is 3. The maximum Gasteiger partial charge on any atom is 0.250 e. The third-order valence-corrected chi connectivity index (χ3v) is 5.94. The van der Waals surface area contributed by atoms with E-state index in [2.05, 4.69) is 69.2 Å². The van der Waals surface area contributed by atoms with Crippen LogP contribution in [0.5, 0.6) is 0 Å². The topological polar surface area (TPSA) is 71.8 Å². The maximum atomic E-state index is 12.7. The van der Waals surface area contributed by atoms with E-state index in [4.69, 9.17) is 0 Å². The number of rotatable bonds is 8. The van der Waals surface area contributed by atoms with Crippen LogP contribution in [0.4, 0.5) is 11.9 Å². The van der Waals surface area contributed by atoms with Gasteiger partial charge in [-0.2, -0.15) is 9.67 Å². The van der Waals surface area contributed by atoms with Crippen molar-refractivity contribution in [1.29, 1.82) is 0 Å². The Morgan fingerprint density at radius 2 is 1.32 bits per heavy atom. The number of carbonyl (C=O) groups is 1. The first-order valence-electron chi connectivity index (χ1n) is 11.6. The smallest absolute Gasteiger partial charge is 0.250 e. The highest BCUT2D eigenvalue weighted by Gasteiger charge is 2.16. The Morgan fingerprint density at radius 3 is 1.94 bits per heavy atom. The van der Waals surface area contributed by atoms with Gasteiger partial charge in [-0.1, -0.05) is 91.9 Å². The molecule has 1 aromatic heterocycles. The van der Waals surface area contributed by atoms with Crippen molar-refractivity contribution in [2.75, 3.05) is 10.6 Å². The van der Waals surface area contributed by atoms with Crippen LogP contribution in [0.2, 0.25) is 0 Å². The molecule has 34 heavy (non-hydrogen) atoms. The molecule has 0 aliphatic heterocycles. The van der Waals surface area contributed by atoms with E-state index in [1.54, 1.807) is 0 Å². The standard InChI is InChI=1S/C28H27N5O/c1-2-9-26(34)33-28(30-19-23-15-8-13-21-11-4-6-17-25(21)23)31-27(32-33)29-18-22-14-7-12-20-10-3-5-16-24(20)22/h3-8,10-17H,2,9,18-19H2,1H3,(H2,29,30,31,32). The van der Waals surface area contributed by atoms with Crippen LogP contribution in [0.15, 0.2) is 84.9 Å². The van der Waals surface area contributed by atoms with Gasteiger partial charge in [-0.25, -0.2) is 0 Å².